The second-order valence-corrected chi connectivity index (χ2v) is 3.06. The van der Waals surface area contributed by atoms with Gasteiger partial charge in [-0.3, -0.25) is 0 Å². The Morgan fingerprint density at radius 1 is 0.952 bits per heavy atom. The quantitative estimate of drug-likeness (QED) is 0.564. The monoisotopic (exact) mass is 333 g/mol. The first-order valence-corrected chi connectivity index (χ1v) is 5.26. The van der Waals surface area contributed by atoms with Crippen LogP contribution in [0.2, 0.25) is 0 Å². The molecule has 0 aromatic heterocycles. The molecule has 0 atom stereocenters. The van der Waals surface area contributed by atoms with Crippen LogP contribution >= 0.6 is 0 Å². The van der Waals surface area contributed by atoms with Gasteiger partial charge in [-0.15, -0.1) is 0 Å². The second-order valence-electron chi connectivity index (χ2n) is 2.43. The molecule has 0 aliphatic heterocycles. The van der Waals surface area contributed by atoms with E-state index in [0.29, 0.717) is 6.61 Å². The van der Waals surface area contributed by atoms with Gasteiger partial charge < -0.3 is 0 Å². The van der Waals surface area contributed by atoms with Crippen molar-refractivity contribution >= 4 is 4.57 Å². The van der Waals surface area contributed by atoms with Crippen molar-refractivity contribution in [1.29, 1.82) is 0 Å². The molecule has 7 nitrogen and oxygen atoms in total. The summed E-state index contributed by atoms with van der Waals surface area (Å²) in [6.45, 7) is 27.2. The number of rotatable bonds is 4. The third-order valence-corrected chi connectivity index (χ3v) is 1.69. The molecule has 0 saturated heterocycles. The van der Waals surface area contributed by atoms with Crippen LogP contribution in [0.3, 0.4) is 0 Å². The first-order valence-electron chi connectivity index (χ1n) is 4.62. The fourth-order valence-electron chi connectivity index (χ4n) is 0.484. The summed E-state index contributed by atoms with van der Waals surface area (Å²) in [4.78, 5) is 2.04. The molecular formula is C13H15CrNO6. The minimum absolute atomic E-state index is 0.708. The van der Waals surface area contributed by atoms with Crippen molar-refractivity contribution in [3.8, 4) is 0 Å². The van der Waals surface area contributed by atoms with E-state index in [1.807, 2.05) is 38.9 Å². The van der Waals surface area contributed by atoms with Gasteiger partial charge in [0, 0.05) is 0 Å². The van der Waals surface area contributed by atoms with Gasteiger partial charge >= 0.3 is 133 Å². The van der Waals surface area contributed by atoms with Crippen molar-refractivity contribution in [2.75, 3.05) is 20.7 Å². The van der Waals surface area contributed by atoms with Gasteiger partial charge in [0.2, 0.25) is 0 Å². The SMILES string of the molecule is CCO[C](=[Cr])/C=C(\C)N(C)C.[C-]#[O+].[C-]#[O+].[C-]#[O+].[C-]#[O+].[C-]#[O+]. The molecule has 0 aliphatic carbocycles. The van der Waals surface area contributed by atoms with E-state index in [2.05, 4.69) is 49.1 Å². The van der Waals surface area contributed by atoms with Gasteiger partial charge in [-0.2, -0.15) is 0 Å². The zero-order valence-corrected chi connectivity index (χ0v) is 13.4. The van der Waals surface area contributed by atoms with Gasteiger partial charge in [0.1, 0.15) is 0 Å². The summed E-state index contributed by atoms with van der Waals surface area (Å²) >= 11 is 2.86. The van der Waals surface area contributed by atoms with Crippen LogP contribution in [0.15, 0.2) is 11.8 Å². The topological polar surface area (TPSA) is 112 Å². The molecule has 0 unspecified atom stereocenters. The van der Waals surface area contributed by atoms with Gasteiger partial charge in [0.25, 0.3) is 0 Å². The van der Waals surface area contributed by atoms with Gasteiger partial charge in [0.15, 0.2) is 0 Å². The normalized spacial score (nSPS) is 6.48. The van der Waals surface area contributed by atoms with Crippen molar-refractivity contribution in [1.82, 2.24) is 4.90 Å². The summed E-state index contributed by atoms with van der Waals surface area (Å²) in [7, 11) is 4.01. The van der Waals surface area contributed by atoms with Gasteiger partial charge in [-0.05, 0) is 0 Å². The average molecular weight is 333 g/mol. The Hall–Kier alpha value is -1.40. The van der Waals surface area contributed by atoms with Crippen LogP contribution in [-0.4, -0.2) is 30.2 Å². The number of hydrogen-bond acceptors (Lipinski definition) is 2. The Morgan fingerprint density at radius 3 is 1.43 bits per heavy atom. The van der Waals surface area contributed by atoms with Gasteiger partial charge in [0.05, 0.1) is 0 Å². The van der Waals surface area contributed by atoms with E-state index in [-0.39, 0.29) is 0 Å². The zero-order valence-electron chi connectivity index (χ0n) is 12.1. The Bertz CT molecular complexity index is 304. The van der Waals surface area contributed by atoms with Crippen molar-refractivity contribution in [3.63, 3.8) is 0 Å². The van der Waals surface area contributed by atoms with E-state index in [1.54, 1.807) is 0 Å². The van der Waals surface area contributed by atoms with E-state index in [1.165, 1.54) is 5.70 Å². The second kappa shape index (κ2) is 51.3. The standard InChI is InChI=1S/C8H15NO.5CO.Cr/c1-5-10-7-6-8(2)9(3)4;5*1-2;/h6H,5H2,1-4H3;;;;;;/b8-6+;;;;;;. The van der Waals surface area contributed by atoms with Crippen LogP contribution in [0.25, 0.3) is 0 Å². The maximum atomic E-state index is 7.50. The van der Waals surface area contributed by atoms with E-state index >= 15 is 0 Å². The van der Waals surface area contributed by atoms with Crippen LogP contribution in [0, 0.1) is 33.3 Å². The zero-order chi connectivity index (χ0) is 18.9. The molecule has 0 spiro atoms. The molecule has 0 amide bonds. The fraction of sp³-hybridized carbons (Fsp3) is 0.385. The van der Waals surface area contributed by atoms with Gasteiger partial charge in [-0.25, -0.2) is 0 Å². The van der Waals surface area contributed by atoms with E-state index in [4.69, 9.17) is 28.0 Å². The van der Waals surface area contributed by atoms with E-state index < -0.39 is 0 Å². The van der Waals surface area contributed by atoms with Crippen molar-refractivity contribution in [3.05, 3.63) is 45.0 Å². The first-order chi connectivity index (χ1) is 10.1. The summed E-state index contributed by atoms with van der Waals surface area (Å²) in [5.74, 6) is 0. The molecule has 0 saturated carbocycles. The third kappa shape index (κ3) is 55.6. The van der Waals surface area contributed by atoms with Crippen LogP contribution < -0.4 is 0 Å². The van der Waals surface area contributed by atoms with Crippen LogP contribution in [-0.2, 0) is 43.8 Å². The Labute approximate surface area is 133 Å². The number of allylic oxidation sites excluding steroid dienone is 1. The summed E-state index contributed by atoms with van der Waals surface area (Å²) in [6, 6.07) is 0. The van der Waals surface area contributed by atoms with Crippen LogP contribution in [0.5, 0.6) is 0 Å². The molecule has 0 fully saturated rings. The predicted octanol–water partition coefficient (Wildman–Crippen LogP) is 0.977. The fourth-order valence-corrected chi connectivity index (χ4v) is 0.934. The summed E-state index contributed by atoms with van der Waals surface area (Å²) in [6.07, 6.45) is 1.98. The van der Waals surface area contributed by atoms with Crippen LogP contribution in [0.1, 0.15) is 13.8 Å². The molecule has 0 bridgehead atoms. The number of ether oxygens (including phenoxy) is 1. The number of nitrogens with zero attached hydrogens (tertiary/aromatic N) is 1. The predicted molar refractivity (Wildman–Crippen MR) is 63.7 cm³/mol. The number of hydrogen-bond donors (Lipinski definition) is 0. The minimum atomic E-state index is 0.708. The molecular weight excluding hydrogens is 318 g/mol. The molecule has 0 radical (unpaired) electrons. The molecule has 0 aromatic carbocycles. The average Bonchev–Trinajstić information content (AvgIpc) is 2.57. The summed E-state index contributed by atoms with van der Waals surface area (Å²) in [5, 5.41) is 0. The third-order valence-electron chi connectivity index (χ3n) is 1.32. The molecule has 0 aromatic rings. The molecule has 21 heavy (non-hydrogen) atoms. The molecule has 114 valence electrons. The van der Waals surface area contributed by atoms with Crippen LogP contribution in [0.4, 0.5) is 0 Å². The molecule has 0 heterocycles. The van der Waals surface area contributed by atoms with E-state index in [0.717, 1.165) is 4.57 Å². The van der Waals surface area contributed by atoms with Crippen molar-refractivity contribution in [2.45, 2.75) is 13.8 Å². The van der Waals surface area contributed by atoms with Crippen molar-refractivity contribution in [2.24, 2.45) is 0 Å². The van der Waals surface area contributed by atoms with Crippen molar-refractivity contribution < 1.29 is 43.8 Å². The Balaban J connectivity index is -0.0000000474. The molecule has 8 heteroatoms. The van der Waals surface area contributed by atoms with E-state index in [9.17, 15) is 0 Å². The molecule has 0 aliphatic rings. The maximum absolute atomic E-state index is 7.50. The summed E-state index contributed by atoms with van der Waals surface area (Å²) in [5.41, 5.74) is 1.17. The first kappa shape index (κ1) is 36.7. The Morgan fingerprint density at radius 2 is 1.24 bits per heavy atom. The van der Waals surface area contributed by atoms with Gasteiger partial charge in [-0.1, -0.05) is 0 Å². The summed E-state index contributed by atoms with van der Waals surface area (Å²) < 4.78 is 43.6. The molecule has 0 rings (SSSR count). The molecule has 0 N–H and O–H groups in total. The Kier molecular flexibility index (Phi) is 89.5.